The Kier molecular flexibility index (Phi) is 3.68. The second-order valence-electron chi connectivity index (χ2n) is 2.68. The minimum absolute atomic E-state index is 0.371. The number of hydrogen-bond acceptors (Lipinski definition) is 5. The summed E-state index contributed by atoms with van der Waals surface area (Å²) in [6.45, 7) is -0.371. The molecule has 0 saturated carbocycles. The van der Waals surface area contributed by atoms with Crippen molar-refractivity contribution in [1.82, 2.24) is 0 Å². The average molecular weight is 286 g/mol. The summed E-state index contributed by atoms with van der Waals surface area (Å²) in [6.07, 6.45) is -4.40. The molecule has 0 radical (unpaired) electrons. The lowest BCUT2D eigenvalue weighted by molar-refractivity contribution is -0.201. The Morgan fingerprint density at radius 3 is 2.17 bits per heavy atom. The normalized spacial score (nSPS) is 49.2. The summed E-state index contributed by atoms with van der Waals surface area (Å²) in [4.78, 5) is 0. The minimum Gasteiger partial charge on any atom is -0.394 e. The van der Waals surface area contributed by atoms with Gasteiger partial charge in [0.15, 0.2) is 0 Å². The molecule has 0 aliphatic carbocycles. The fourth-order valence-electron chi connectivity index (χ4n) is 1.06. The number of halogens is 1. The van der Waals surface area contributed by atoms with Crippen LogP contribution < -0.4 is 0 Å². The van der Waals surface area contributed by atoms with Crippen molar-refractivity contribution in [1.29, 1.82) is 0 Å². The van der Waals surface area contributed by atoms with Crippen LogP contribution in [0.1, 0.15) is 0 Å². The zero-order valence-electron chi connectivity index (χ0n) is 6.17. The fraction of sp³-hybridized carbons (Fsp3) is 1.00. The van der Waals surface area contributed by atoms with Gasteiger partial charge < -0.3 is 25.2 Å². The van der Waals surface area contributed by atoms with Crippen molar-refractivity contribution < 1.29 is 25.2 Å². The Labute approximate surface area is 83.1 Å². The molecule has 72 valence electrons. The van der Waals surface area contributed by atoms with Gasteiger partial charge in [-0.2, -0.15) is 0 Å². The first-order valence-electron chi connectivity index (χ1n) is 3.52. The third kappa shape index (κ3) is 1.88. The largest absolute Gasteiger partial charge is 0.394 e. The monoisotopic (exact) mass is 286 g/mol. The molecule has 1 aliphatic rings. The number of alkyl halides is 1. The highest BCUT2D eigenvalue weighted by atomic mass is 123. The zero-order valence-corrected chi connectivity index (χ0v) is 8.33. The molecule has 0 spiro atoms. The molecular formula is C6H11IO5. The van der Waals surface area contributed by atoms with Crippen molar-refractivity contribution in [2.45, 2.75) is 28.5 Å². The SMILES string of the molecule is OC[C@H]1OC([123I])[C@H](O)[C@@H](O)[C@H]1O. The molecule has 1 aliphatic heterocycles. The highest BCUT2D eigenvalue weighted by Crippen LogP contribution is 2.24. The summed E-state index contributed by atoms with van der Waals surface area (Å²) < 4.78 is 4.41. The maximum Gasteiger partial charge on any atom is 0.137 e. The van der Waals surface area contributed by atoms with Crippen LogP contribution in [0.2, 0.25) is 0 Å². The van der Waals surface area contributed by atoms with E-state index in [-0.39, 0.29) is 6.61 Å². The molecule has 1 fully saturated rings. The number of ether oxygens (including phenoxy) is 1. The quantitative estimate of drug-likeness (QED) is 0.338. The van der Waals surface area contributed by atoms with E-state index in [0.717, 1.165) is 0 Å². The van der Waals surface area contributed by atoms with Crippen LogP contribution >= 0.6 is 22.6 Å². The van der Waals surface area contributed by atoms with E-state index in [0.29, 0.717) is 0 Å². The Bertz CT molecular complexity index is 150. The molecular weight excluding hydrogens is 275 g/mol. The van der Waals surface area contributed by atoms with Crippen LogP contribution in [0.5, 0.6) is 0 Å². The first kappa shape index (κ1) is 10.6. The third-order valence-corrected chi connectivity index (χ3v) is 2.86. The maximum absolute atomic E-state index is 9.23. The van der Waals surface area contributed by atoms with Crippen LogP contribution in [0.25, 0.3) is 0 Å². The van der Waals surface area contributed by atoms with E-state index < -0.39 is 28.5 Å². The molecule has 0 bridgehead atoms. The predicted octanol–water partition coefficient (Wildman–Crippen LogP) is -1.78. The van der Waals surface area contributed by atoms with E-state index in [1.165, 1.54) is 0 Å². The molecule has 6 heteroatoms. The van der Waals surface area contributed by atoms with Gasteiger partial charge in [-0.3, -0.25) is 0 Å². The van der Waals surface area contributed by atoms with Gasteiger partial charge in [0.2, 0.25) is 0 Å². The van der Waals surface area contributed by atoms with E-state index >= 15 is 0 Å². The molecule has 1 saturated heterocycles. The number of hydrogen-bond donors (Lipinski definition) is 4. The fourth-order valence-corrected chi connectivity index (χ4v) is 1.86. The summed E-state index contributed by atoms with van der Waals surface area (Å²) in [6, 6.07) is 0. The van der Waals surface area contributed by atoms with Gasteiger partial charge in [0, 0.05) is 0 Å². The van der Waals surface area contributed by atoms with Crippen molar-refractivity contribution in [2.75, 3.05) is 6.61 Å². The first-order valence-corrected chi connectivity index (χ1v) is 4.77. The molecule has 0 aromatic heterocycles. The average Bonchev–Trinajstić information content (AvgIpc) is 2.08. The highest BCUT2D eigenvalue weighted by molar-refractivity contribution is 14.1. The van der Waals surface area contributed by atoms with Crippen LogP contribution in [0.4, 0.5) is 0 Å². The second-order valence-corrected chi connectivity index (χ2v) is 3.91. The Hall–Kier alpha value is 0.530. The van der Waals surface area contributed by atoms with Crippen molar-refractivity contribution in [3.8, 4) is 0 Å². The van der Waals surface area contributed by atoms with Crippen LogP contribution in [0, 0.1) is 0 Å². The van der Waals surface area contributed by atoms with Crippen molar-refractivity contribution in [3.63, 3.8) is 0 Å². The molecule has 5 nitrogen and oxygen atoms in total. The summed E-state index contributed by atoms with van der Waals surface area (Å²) in [7, 11) is 0. The Balaban J connectivity index is 2.63. The predicted molar refractivity (Wildman–Crippen MR) is 47.8 cm³/mol. The van der Waals surface area contributed by atoms with E-state index in [4.69, 9.17) is 9.84 Å². The van der Waals surface area contributed by atoms with Gasteiger partial charge in [-0.25, -0.2) is 0 Å². The lowest BCUT2D eigenvalue weighted by Crippen LogP contribution is -2.56. The number of rotatable bonds is 1. The van der Waals surface area contributed by atoms with Crippen molar-refractivity contribution in [3.05, 3.63) is 0 Å². The minimum atomic E-state index is -1.25. The topological polar surface area (TPSA) is 90.2 Å². The van der Waals surface area contributed by atoms with Gasteiger partial charge in [0.25, 0.3) is 0 Å². The standard InChI is InChI=1S/C6H11IO5/c7-6-5(11)4(10)3(9)2(1-8)12-6/h2-6,8-11H,1H2/t2-,3+,4+,5-,6?/m1/s1/i7-4. The van der Waals surface area contributed by atoms with E-state index in [2.05, 4.69) is 0 Å². The van der Waals surface area contributed by atoms with Gasteiger partial charge in [-0.1, -0.05) is 0 Å². The summed E-state index contributed by atoms with van der Waals surface area (Å²) in [5.41, 5.74) is 0. The van der Waals surface area contributed by atoms with Gasteiger partial charge in [-0.05, 0) is 22.6 Å². The van der Waals surface area contributed by atoms with E-state index in [1.54, 1.807) is 22.6 Å². The smallest absolute Gasteiger partial charge is 0.137 e. The Morgan fingerprint density at radius 1 is 1.08 bits per heavy atom. The van der Waals surface area contributed by atoms with Crippen LogP contribution in [0.3, 0.4) is 0 Å². The molecule has 1 unspecified atom stereocenters. The van der Waals surface area contributed by atoms with E-state index in [9.17, 15) is 15.3 Å². The first-order chi connectivity index (χ1) is 5.57. The molecule has 12 heavy (non-hydrogen) atoms. The second kappa shape index (κ2) is 4.16. The van der Waals surface area contributed by atoms with Gasteiger partial charge >= 0.3 is 0 Å². The van der Waals surface area contributed by atoms with E-state index in [1.807, 2.05) is 0 Å². The lowest BCUT2D eigenvalue weighted by atomic mass is 10.0. The summed E-state index contributed by atoms with van der Waals surface area (Å²) in [5.74, 6) is 0. The molecule has 0 aromatic carbocycles. The summed E-state index contributed by atoms with van der Waals surface area (Å²) in [5, 5.41) is 36.4. The number of aliphatic hydroxyl groups excluding tert-OH is 4. The Morgan fingerprint density at radius 2 is 1.67 bits per heavy atom. The molecule has 4 N–H and O–H groups in total. The lowest BCUT2D eigenvalue weighted by Gasteiger charge is -2.37. The molecule has 1 heterocycles. The molecule has 1 rings (SSSR count). The van der Waals surface area contributed by atoms with Crippen molar-refractivity contribution >= 4 is 22.6 Å². The van der Waals surface area contributed by atoms with Crippen LogP contribution in [0.15, 0.2) is 0 Å². The van der Waals surface area contributed by atoms with Gasteiger partial charge in [0.1, 0.15) is 28.5 Å². The van der Waals surface area contributed by atoms with Crippen LogP contribution in [-0.2, 0) is 4.74 Å². The third-order valence-electron chi connectivity index (χ3n) is 1.83. The molecule has 5 atom stereocenters. The van der Waals surface area contributed by atoms with Crippen LogP contribution in [-0.4, -0.2) is 55.6 Å². The van der Waals surface area contributed by atoms with Gasteiger partial charge in [0.05, 0.1) is 6.61 Å². The van der Waals surface area contributed by atoms with Gasteiger partial charge in [-0.15, -0.1) is 0 Å². The maximum atomic E-state index is 9.23. The highest BCUT2D eigenvalue weighted by Gasteiger charge is 2.42. The van der Waals surface area contributed by atoms with Crippen molar-refractivity contribution in [2.24, 2.45) is 0 Å². The molecule has 0 amide bonds. The molecule has 0 aromatic rings. The zero-order chi connectivity index (χ0) is 9.30. The summed E-state index contributed by atoms with van der Waals surface area (Å²) >= 11 is 1.79. The number of aliphatic hydroxyl groups is 4.